The number of amides is 2. The van der Waals surface area contributed by atoms with Gasteiger partial charge < -0.3 is 14.4 Å². The van der Waals surface area contributed by atoms with E-state index in [2.05, 4.69) is 13.8 Å². The Hall–Kier alpha value is -2.56. The molecule has 2 rings (SSSR count). The summed E-state index contributed by atoms with van der Waals surface area (Å²) >= 11 is 0. The van der Waals surface area contributed by atoms with Crippen LogP contribution in [0.15, 0.2) is 48.7 Å². The predicted octanol–water partition coefficient (Wildman–Crippen LogP) is 3.88. The minimum absolute atomic E-state index is 0.00154. The average molecular weight is 398 g/mol. The number of aromatic nitrogens is 1. The molecule has 0 spiro atoms. The number of hydrogen-bond donors (Lipinski definition) is 0. The van der Waals surface area contributed by atoms with Crippen LogP contribution >= 0.6 is 0 Å². The number of nitrogens with zero attached hydrogens (tertiary/aromatic N) is 3. The van der Waals surface area contributed by atoms with Crippen LogP contribution in [0, 0.1) is 5.92 Å². The lowest BCUT2D eigenvalue weighted by Crippen LogP contribution is -2.46. The lowest BCUT2D eigenvalue weighted by molar-refractivity contribution is -0.142. The molecule has 2 amide bonds. The van der Waals surface area contributed by atoms with Crippen LogP contribution in [-0.2, 0) is 29.6 Å². The summed E-state index contributed by atoms with van der Waals surface area (Å²) in [5.74, 6) is 0.391. The van der Waals surface area contributed by atoms with Crippen molar-refractivity contribution in [3.63, 3.8) is 0 Å². The molecule has 1 aromatic carbocycles. The summed E-state index contributed by atoms with van der Waals surface area (Å²) < 4.78 is 2.03. The van der Waals surface area contributed by atoms with Crippen molar-refractivity contribution in [1.82, 2.24) is 14.4 Å². The first-order valence-electron chi connectivity index (χ1n) is 10.5. The monoisotopic (exact) mass is 397 g/mol. The van der Waals surface area contributed by atoms with Crippen LogP contribution in [0.5, 0.6) is 0 Å². The highest BCUT2D eigenvalue weighted by Crippen LogP contribution is 2.12. The van der Waals surface area contributed by atoms with E-state index in [1.165, 1.54) is 0 Å². The fraction of sp³-hybridized carbons (Fsp3) is 0.500. The molecule has 29 heavy (non-hydrogen) atoms. The predicted molar refractivity (Wildman–Crippen MR) is 117 cm³/mol. The summed E-state index contributed by atoms with van der Waals surface area (Å²) in [5.41, 5.74) is 2.23. The van der Waals surface area contributed by atoms with Gasteiger partial charge in [-0.2, -0.15) is 0 Å². The molecule has 1 aromatic heterocycles. The summed E-state index contributed by atoms with van der Waals surface area (Å²) in [6.45, 7) is 9.52. The second-order valence-corrected chi connectivity index (χ2v) is 8.38. The van der Waals surface area contributed by atoms with Crippen LogP contribution in [-0.4, -0.2) is 45.3 Å². The Labute approximate surface area is 175 Å². The zero-order valence-corrected chi connectivity index (χ0v) is 18.5. The van der Waals surface area contributed by atoms with Crippen LogP contribution < -0.4 is 0 Å². The van der Waals surface area contributed by atoms with Gasteiger partial charge in [0.15, 0.2) is 0 Å². The van der Waals surface area contributed by atoms with Gasteiger partial charge in [0.05, 0.1) is 13.1 Å². The minimum atomic E-state index is -0.0156. The second-order valence-electron chi connectivity index (χ2n) is 8.38. The Balaban J connectivity index is 2.04. The fourth-order valence-electron chi connectivity index (χ4n) is 3.40. The molecule has 0 saturated heterocycles. The van der Waals surface area contributed by atoms with Crippen molar-refractivity contribution in [1.29, 1.82) is 0 Å². The van der Waals surface area contributed by atoms with Gasteiger partial charge in [0.25, 0.3) is 0 Å². The van der Waals surface area contributed by atoms with Gasteiger partial charge in [0.1, 0.15) is 0 Å². The zero-order chi connectivity index (χ0) is 21.4. The van der Waals surface area contributed by atoms with E-state index >= 15 is 0 Å². The molecule has 0 aliphatic rings. The summed E-state index contributed by atoms with van der Waals surface area (Å²) in [6.07, 6.45) is 3.09. The van der Waals surface area contributed by atoms with Crippen LogP contribution in [0.25, 0.3) is 0 Å². The highest BCUT2D eigenvalue weighted by molar-refractivity contribution is 5.85. The van der Waals surface area contributed by atoms with E-state index in [9.17, 15) is 9.59 Å². The van der Waals surface area contributed by atoms with Crippen LogP contribution in [0.1, 0.15) is 45.4 Å². The Morgan fingerprint density at radius 3 is 2.21 bits per heavy atom. The lowest BCUT2D eigenvalue weighted by Gasteiger charge is -2.31. The maximum atomic E-state index is 13.1. The number of aryl methyl sites for hydroxylation is 2. The van der Waals surface area contributed by atoms with Gasteiger partial charge in [-0.25, -0.2) is 0 Å². The largest absolute Gasteiger partial charge is 0.353 e. The van der Waals surface area contributed by atoms with Gasteiger partial charge in [-0.05, 0) is 43.9 Å². The van der Waals surface area contributed by atoms with Crippen molar-refractivity contribution in [3.8, 4) is 0 Å². The smallest absolute Gasteiger partial charge is 0.242 e. The molecule has 5 nitrogen and oxygen atoms in total. The van der Waals surface area contributed by atoms with Gasteiger partial charge in [-0.15, -0.1) is 0 Å². The molecule has 158 valence electrons. The van der Waals surface area contributed by atoms with Gasteiger partial charge in [-0.1, -0.05) is 44.2 Å². The first-order chi connectivity index (χ1) is 13.8. The quantitative estimate of drug-likeness (QED) is 0.611. The van der Waals surface area contributed by atoms with Crippen LogP contribution in [0.2, 0.25) is 0 Å². The molecular weight excluding hydrogens is 362 g/mol. The molecule has 0 saturated carbocycles. The van der Waals surface area contributed by atoms with Gasteiger partial charge in [0, 0.05) is 37.9 Å². The fourth-order valence-corrected chi connectivity index (χ4v) is 3.40. The van der Waals surface area contributed by atoms with Gasteiger partial charge in [0.2, 0.25) is 11.8 Å². The highest BCUT2D eigenvalue weighted by atomic mass is 16.2. The van der Waals surface area contributed by atoms with E-state index in [1.54, 1.807) is 4.90 Å². The van der Waals surface area contributed by atoms with Gasteiger partial charge in [-0.3, -0.25) is 9.59 Å². The average Bonchev–Trinajstić information content (AvgIpc) is 3.08. The molecule has 0 atom stereocenters. The topological polar surface area (TPSA) is 45.6 Å². The minimum Gasteiger partial charge on any atom is -0.353 e. The van der Waals surface area contributed by atoms with E-state index in [0.717, 1.165) is 11.3 Å². The molecule has 0 aliphatic heterocycles. The first kappa shape index (κ1) is 22.7. The molecule has 0 aliphatic carbocycles. The van der Waals surface area contributed by atoms with E-state index in [0.29, 0.717) is 31.8 Å². The van der Waals surface area contributed by atoms with E-state index in [-0.39, 0.29) is 24.4 Å². The third kappa shape index (κ3) is 7.08. The Morgan fingerprint density at radius 2 is 1.66 bits per heavy atom. The summed E-state index contributed by atoms with van der Waals surface area (Å²) in [5, 5.41) is 0. The van der Waals surface area contributed by atoms with E-state index < -0.39 is 0 Å². The molecule has 0 fully saturated rings. The second kappa shape index (κ2) is 10.8. The summed E-state index contributed by atoms with van der Waals surface area (Å²) in [6, 6.07) is 14.0. The first-order valence-corrected chi connectivity index (χ1v) is 10.5. The highest BCUT2D eigenvalue weighted by Gasteiger charge is 2.24. The van der Waals surface area contributed by atoms with Crippen molar-refractivity contribution in [2.75, 3.05) is 13.1 Å². The maximum Gasteiger partial charge on any atom is 0.242 e. The maximum absolute atomic E-state index is 13.1. The van der Waals surface area contributed by atoms with Crippen molar-refractivity contribution in [2.24, 2.45) is 13.0 Å². The molecule has 0 N–H and O–H groups in total. The Kier molecular flexibility index (Phi) is 8.50. The molecule has 5 heteroatoms. The molecule has 2 aromatic rings. The number of hydrogen-bond acceptors (Lipinski definition) is 2. The van der Waals surface area contributed by atoms with Crippen molar-refractivity contribution < 1.29 is 9.59 Å². The van der Waals surface area contributed by atoms with Crippen molar-refractivity contribution in [3.05, 3.63) is 59.9 Å². The van der Waals surface area contributed by atoms with Crippen LogP contribution in [0.4, 0.5) is 0 Å². The standard InChI is InChI=1S/C24H35N3O2/c1-19(2)16-26(17-22-12-9-15-25(22)5)24(29)18-27(20(3)4)23(28)14-13-21-10-7-6-8-11-21/h6-12,15,19-20H,13-14,16-18H2,1-5H3. The van der Waals surface area contributed by atoms with E-state index in [4.69, 9.17) is 0 Å². The summed E-state index contributed by atoms with van der Waals surface area (Å²) in [7, 11) is 1.99. The van der Waals surface area contributed by atoms with Crippen LogP contribution in [0.3, 0.4) is 0 Å². The molecule has 0 bridgehead atoms. The van der Waals surface area contributed by atoms with E-state index in [1.807, 2.05) is 79.0 Å². The number of rotatable bonds is 10. The molecule has 0 unspecified atom stereocenters. The number of benzene rings is 1. The van der Waals surface area contributed by atoms with Gasteiger partial charge >= 0.3 is 0 Å². The SMILES string of the molecule is CC(C)CN(Cc1cccn1C)C(=O)CN(C(=O)CCc1ccccc1)C(C)C. The number of carbonyl (C=O) groups excluding carboxylic acids is 2. The molecule has 1 heterocycles. The van der Waals surface area contributed by atoms with Crippen molar-refractivity contribution in [2.45, 2.75) is 53.1 Å². The zero-order valence-electron chi connectivity index (χ0n) is 18.5. The molecular formula is C24H35N3O2. The van der Waals surface area contributed by atoms with Crippen molar-refractivity contribution >= 4 is 11.8 Å². The lowest BCUT2D eigenvalue weighted by atomic mass is 10.1. The Morgan fingerprint density at radius 1 is 0.966 bits per heavy atom. The molecule has 0 radical (unpaired) electrons. The number of carbonyl (C=O) groups is 2. The third-order valence-electron chi connectivity index (χ3n) is 5.06. The summed E-state index contributed by atoms with van der Waals surface area (Å²) in [4.78, 5) is 29.6. The normalized spacial score (nSPS) is 11.1. The third-order valence-corrected chi connectivity index (χ3v) is 5.06. The Bertz CT molecular complexity index is 780.